The second kappa shape index (κ2) is 3.59. The summed E-state index contributed by atoms with van der Waals surface area (Å²) in [6, 6.07) is 0. The molecule has 0 spiro atoms. The summed E-state index contributed by atoms with van der Waals surface area (Å²) in [5.74, 6) is 0. The lowest BCUT2D eigenvalue weighted by Gasteiger charge is -2.14. The molecular formula is C7H11N3OP+. The van der Waals surface area contributed by atoms with Crippen molar-refractivity contribution in [3.8, 4) is 0 Å². The molecule has 0 saturated carbocycles. The molecule has 1 rings (SSSR count). The maximum absolute atomic E-state index is 11.0. The van der Waals surface area contributed by atoms with Gasteiger partial charge >= 0.3 is 8.46 Å². The molecule has 0 radical (unpaired) electrons. The molecule has 5 heteroatoms. The molecule has 0 saturated heterocycles. The molecule has 1 heterocycles. The van der Waals surface area contributed by atoms with Crippen molar-refractivity contribution >= 4 is 8.46 Å². The molecule has 0 aromatic carbocycles. The van der Waals surface area contributed by atoms with Crippen molar-refractivity contribution in [1.82, 2.24) is 14.8 Å². The first-order valence-corrected chi connectivity index (χ1v) is 4.58. The minimum atomic E-state index is -0.524. The van der Waals surface area contributed by atoms with E-state index in [1.54, 1.807) is 23.3 Å². The average molecular weight is 184 g/mol. The van der Waals surface area contributed by atoms with Gasteiger partial charge in [-0.2, -0.15) is 0 Å². The molecule has 0 fully saturated rings. The highest BCUT2D eigenvalue weighted by Crippen LogP contribution is 2.33. The number of nitrogens with zero attached hydrogens (tertiary/aromatic N) is 3. The quantitative estimate of drug-likeness (QED) is 0.526. The van der Waals surface area contributed by atoms with E-state index in [0.717, 1.165) is 6.42 Å². The van der Waals surface area contributed by atoms with E-state index >= 15 is 0 Å². The highest BCUT2D eigenvalue weighted by Gasteiger charge is 2.35. The van der Waals surface area contributed by atoms with Crippen LogP contribution in [0.25, 0.3) is 0 Å². The average Bonchev–Trinajstić information content (AvgIpc) is 2.62. The van der Waals surface area contributed by atoms with Crippen molar-refractivity contribution in [2.45, 2.75) is 18.6 Å². The van der Waals surface area contributed by atoms with Crippen LogP contribution in [0.2, 0.25) is 0 Å². The molecule has 0 aliphatic carbocycles. The minimum Gasteiger partial charge on any atom is -0.269 e. The van der Waals surface area contributed by atoms with Crippen molar-refractivity contribution in [3.05, 3.63) is 25.3 Å². The van der Waals surface area contributed by atoms with Gasteiger partial charge in [0.05, 0.1) is 0 Å². The molecular weight excluding hydrogens is 173 g/mol. The number of rotatable bonds is 4. The van der Waals surface area contributed by atoms with Crippen LogP contribution < -0.4 is 0 Å². The van der Waals surface area contributed by atoms with E-state index in [1.807, 2.05) is 6.92 Å². The van der Waals surface area contributed by atoms with E-state index in [2.05, 4.69) is 16.8 Å². The van der Waals surface area contributed by atoms with Crippen molar-refractivity contribution in [3.63, 3.8) is 0 Å². The van der Waals surface area contributed by atoms with E-state index in [-0.39, 0.29) is 0 Å². The van der Waals surface area contributed by atoms with Gasteiger partial charge < -0.3 is 0 Å². The van der Waals surface area contributed by atoms with Crippen LogP contribution in [-0.4, -0.2) is 14.8 Å². The lowest BCUT2D eigenvalue weighted by molar-refractivity contribution is 0.486. The van der Waals surface area contributed by atoms with Gasteiger partial charge in [-0.1, -0.05) is 18.1 Å². The molecule has 0 aliphatic heterocycles. The van der Waals surface area contributed by atoms with E-state index in [0.29, 0.717) is 0 Å². The second-order valence-electron chi connectivity index (χ2n) is 2.45. The Kier molecular flexibility index (Phi) is 2.71. The lowest BCUT2D eigenvalue weighted by atomic mass is 10.2. The van der Waals surface area contributed by atoms with E-state index < -0.39 is 13.7 Å². The third-order valence-corrected chi connectivity index (χ3v) is 3.10. The van der Waals surface area contributed by atoms with Crippen LogP contribution in [0.15, 0.2) is 25.3 Å². The zero-order valence-corrected chi connectivity index (χ0v) is 7.90. The number of hydrogen-bond acceptors (Lipinski definition) is 3. The Labute approximate surface area is 72.5 Å². The second-order valence-corrected chi connectivity index (χ2v) is 3.52. The Morgan fingerprint density at radius 2 is 2.25 bits per heavy atom. The molecule has 1 aromatic rings. The molecule has 0 bridgehead atoms. The van der Waals surface area contributed by atoms with Gasteiger partial charge in [0.15, 0.2) is 0 Å². The topological polar surface area (TPSA) is 47.8 Å². The summed E-state index contributed by atoms with van der Waals surface area (Å²) < 4.78 is 12.7. The van der Waals surface area contributed by atoms with Gasteiger partial charge in [-0.15, -0.1) is 10.2 Å². The SMILES string of the molecule is C=CC(CC)([PH+]=O)n1cnnc1. The standard InChI is InChI=1S/C7H10N3OP/c1-3-7(4-2,12-11)10-5-8-9-6-10/h3,5-6H,1,4H2,2H3/p+1. The molecule has 64 valence electrons. The predicted octanol–water partition coefficient (Wildman–Crippen LogP) is 1.55. The van der Waals surface area contributed by atoms with Crippen LogP contribution in [0.5, 0.6) is 0 Å². The highest BCUT2D eigenvalue weighted by molar-refractivity contribution is 7.25. The van der Waals surface area contributed by atoms with Gasteiger partial charge in [-0.25, -0.2) is 0 Å². The Morgan fingerprint density at radius 1 is 1.67 bits per heavy atom. The summed E-state index contributed by atoms with van der Waals surface area (Å²) in [6.45, 7) is 5.61. The Balaban J connectivity index is 3.09. The monoisotopic (exact) mass is 184 g/mol. The summed E-state index contributed by atoms with van der Waals surface area (Å²) in [4.78, 5) is 0. The lowest BCUT2D eigenvalue weighted by Crippen LogP contribution is -2.22. The molecule has 2 unspecified atom stereocenters. The first-order valence-electron chi connectivity index (χ1n) is 3.67. The van der Waals surface area contributed by atoms with Gasteiger partial charge in [0, 0.05) is 6.42 Å². The fourth-order valence-electron chi connectivity index (χ4n) is 1.01. The fraction of sp³-hybridized carbons (Fsp3) is 0.429. The zero-order valence-electron chi connectivity index (χ0n) is 6.90. The van der Waals surface area contributed by atoms with Gasteiger partial charge in [-0.05, 0) is 6.08 Å². The largest absolute Gasteiger partial charge is 0.357 e. The number of aromatic nitrogens is 3. The van der Waals surface area contributed by atoms with Crippen LogP contribution in [0.1, 0.15) is 13.3 Å². The molecule has 0 amide bonds. The number of allylic oxidation sites excluding steroid dienone is 1. The van der Waals surface area contributed by atoms with Crippen molar-refractivity contribution < 1.29 is 4.57 Å². The zero-order chi connectivity index (χ0) is 9.03. The van der Waals surface area contributed by atoms with Crippen LogP contribution >= 0.6 is 8.46 Å². The van der Waals surface area contributed by atoms with E-state index in [4.69, 9.17) is 0 Å². The van der Waals surface area contributed by atoms with Crippen molar-refractivity contribution in [2.75, 3.05) is 0 Å². The highest BCUT2D eigenvalue weighted by atomic mass is 31.1. The summed E-state index contributed by atoms with van der Waals surface area (Å²) in [5, 5.41) is 6.80. The smallest absolute Gasteiger partial charge is 0.269 e. The summed E-state index contributed by atoms with van der Waals surface area (Å²) in [5.41, 5.74) is 0. The fourth-order valence-corrected chi connectivity index (χ4v) is 1.45. The van der Waals surface area contributed by atoms with Gasteiger partial charge in [0.1, 0.15) is 12.7 Å². The third kappa shape index (κ3) is 1.30. The first kappa shape index (κ1) is 9.07. The normalized spacial score (nSPS) is 15.8. The van der Waals surface area contributed by atoms with Crippen LogP contribution in [0.3, 0.4) is 0 Å². The molecule has 12 heavy (non-hydrogen) atoms. The third-order valence-electron chi connectivity index (χ3n) is 1.93. The molecule has 0 aliphatic rings. The maximum atomic E-state index is 11.0. The summed E-state index contributed by atoms with van der Waals surface area (Å²) in [7, 11) is -0.471. The molecule has 0 N–H and O–H groups in total. The first-order chi connectivity index (χ1) is 5.79. The Morgan fingerprint density at radius 3 is 2.58 bits per heavy atom. The Hall–Kier alpha value is -1.02. The van der Waals surface area contributed by atoms with Crippen molar-refractivity contribution in [1.29, 1.82) is 0 Å². The van der Waals surface area contributed by atoms with Crippen LogP contribution in [-0.2, 0) is 9.85 Å². The number of hydrogen-bond donors (Lipinski definition) is 0. The minimum absolute atomic E-state index is 0.471. The van der Waals surface area contributed by atoms with Crippen LogP contribution in [0, 0.1) is 0 Å². The molecule has 4 nitrogen and oxygen atoms in total. The molecule has 1 aromatic heterocycles. The van der Waals surface area contributed by atoms with Crippen LogP contribution in [0.4, 0.5) is 0 Å². The van der Waals surface area contributed by atoms with Gasteiger partial charge in [0.25, 0.3) is 5.28 Å². The van der Waals surface area contributed by atoms with E-state index in [9.17, 15) is 4.57 Å². The van der Waals surface area contributed by atoms with Gasteiger partial charge in [-0.3, -0.25) is 4.57 Å². The maximum Gasteiger partial charge on any atom is 0.357 e. The van der Waals surface area contributed by atoms with E-state index in [1.165, 1.54) is 0 Å². The summed E-state index contributed by atoms with van der Waals surface area (Å²) >= 11 is 0. The predicted molar refractivity (Wildman–Crippen MR) is 47.5 cm³/mol. The Bertz CT molecular complexity index is 262. The summed E-state index contributed by atoms with van der Waals surface area (Å²) in [6.07, 6.45) is 5.49. The van der Waals surface area contributed by atoms with Crippen molar-refractivity contribution in [2.24, 2.45) is 0 Å². The molecule has 2 atom stereocenters. The van der Waals surface area contributed by atoms with Gasteiger partial charge in [0.2, 0.25) is 0 Å².